The lowest BCUT2D eigenvalue weighted by molar-refractivity contribution is 0.192. The Morgan fingerprint density at radius 1 is 1.00 bits per heavy atom. The number of hydrogen-bond donors (Lipinski definition) is 0. The fraction of sp³-hybridized carbons (Fsp3) is 0.400. The van der Waals surface area contributed by atoms with Gasteiger partial charge in [-0.05, 0) is 12.1 Å². The number of nitroso groups, excluding NO2 is 1. The van der Waals surface area contributed by atoms with Crippen LogP contribution in [0.25, 0.3) is 0 Å². The molecule has 0 amide bonds. The molecule has 0 spiro atoms. The minimum Gasteiger partial charge on any atom is -0.258 e. The van der Waals surface area contributed by atoms with E-state index in [1.165, 1.54) is 9.31 Å². The van der Waals surface area contributed by atoms with Gasteiger partial charge in [0.2, 0.25) is 10.0 Å². The molecule has 0 radical (unpaired) electrons. The van der Waals surface area contributed by atoms with Gasteiger partial charge in [-0.2, -0.15) is 4.31 Å². The lowest BCUT2D eigenvalue weighted by Gasteiger charge is -2.30. The van der Waals surface area contributed by atoms with Crippen molar-refractivity contribution in [2.45, 2.75) is 4.90 Å². The molecule has 1 fully saturated rings. The summed E-state index contributed by atoms with van der Waals surface area (Å²) in [5.74, 6) is 0. The van der Waals surface area contributed by atoms with E-state index < -0.39 is 10.0 Å². The third-order valence-corrected chi connectivity index (χ3v) is 4.62. The molecule has 2 rings (SSSR count). The van der Waals surface area contributed by atoms with Crippen LogP contribution in [0.15, 0.2) is 40.5 Å². The summed E-state index contributed by atoms with van der Waals surface area (Å²) < 4.78 is 25.7. The molecule has 7 heteroatoms. The summed E-state index contributed by atoms with van der Waals surface area (Å²) in [4.78, 5) is 10.6. The van der Waals surface area contributed by atoms with Crippen LogP contribution in [0.1, 0.15) is 0 Å². The Bertz CT molecular complexity index is 481. The zero-order valence-corrected chi connectivity index (χ0v) is 10.0. The number of benzene rings is 1. The molecule has 1 aliphatic heterocycles. The van der Waals surface area contributed by atoms with E-state index in [1.807, 2.05) is 0 Å². The molecule has 0 atom stereocenters. The number of sulfonamides is 1. The monoisotopic (exact) mass is 255 g/mol. The molecule has 1 aromatic rings. The molecular weight excluding hydrogens is 242 g/mol. The van der Waals surface area contributed by atoms with Crippen molar-refractivity contribution >= 4 is 10.0 Å². The van der Waals surface area contributed by atoms with Crippen LogP contribution in [0, 0.1) is 4.91 Å². The third-order valence-electron chi connectivity index (χ3n) is 2.71. The lowest BCUT2D eigenvalue weighted by Crippen LogP contribution is -2.46. The molecule has 0 aromatic heterocycles. The van der Waals surface area contributed by atoms with Crippen LogP contribution < -0.4 is 0 Å². The van der Waals surface area contributed by atoms with Crippen molar-refractivity contribution in [2.75, 3.05) is 26.2 Å². The highest BCUT2D eigenvalue weighted by atomic mass is 32.2. The van der Waals surface area contributed by atoms with Crippen LogP contribution in [0.4, 0.5) is 0 Å². The summed E-state index contributed by atoms with van der Waals surface area (Å²) in [6.45, 7) is 1.27. The Labute approximate surface area is 99.8 Å². The van der Waals surface area contributed by atoms with Gasteiger partial charge < -0.3 is 0 Å². The Balaban J connectivity index is 2.16. The van der Waals surface area contributed by atoms with Crippen molar-refractivity contribution in [1.29, 1.82) is 0 Å². The highest BCUT2D eigenvalue weighted by molar-refractivity contribution is 7.89. The van der Waals surface area contributed by atoms with Crippen LogP contribution in [0.5, 0.6) is 0 Å². The van der Waals surface area contributed by atoms with E-state index in [-0.39, 0.29) is 4.90 Å². The molecule has 0 aliphatic carbocycles. The van der Waals surface area contributed by atoms with Crippen molar-refractivity contribution in [1.82, 2.24) is 9.31 Å². The molecule has 0 unspecified atom stereocenters. The minimum atomic E-state index is -3.43. The Kier molecular flexibility index (Phi) is 3.39. The van der Waals surface area contributed by atoms with Crippen LogP contribution >= 0.6 is 0 Å². The fourth-order valence-electron chi connectivity index (χ4n) is 1.74. The first-order valence-electron chi connectivity index (χ1n) is 5.28. The number of rotatable bonds is 3. The molecule has 92 valence electrons. The predicted octanol–water partition coefficient (Wildman–Crippen LogP) is 0.674. The van der Waals surface area contributed by atoms with Crippen molar-refractivity contribution < 1.29 is 8.42 Å². The molecule has 0 bridgehead atoms. The SMILES string of the molecule is O=NN1CCN(S(=O)(=O)c2ccccc2)CC1. The Morgan fingerprint density at radius 2 is 1.59 bits per heavy atom. The van der Waals surface area contributed by atoms with E-state index in [0.29, 0.717) is 26.2 Å². The van der Waals surface area contributed by atoms with Gasteiger partial charge in [0.15, 0.2) is 0 Å². The molecule has 17 heavy (non-hydrogen) atoms. The van der Waals surface area contributed by atoms with Crippen molar-refractivity contribution in [3.05, 3.63) is 35.2 Å². The summed E-state index contributed by atoms with van der Waals surface area (Å²) >= 11 is 0. The van der Waals surface area contributed by atoms with Crippen molar-refractivity contribution in [2.24, 2.45) is 5.29 Å². The van der Waals surface area contributed by atoms with Crippen LogP contribution in [-0.4, -0.2) is 43.9 Å². The topological polar surface area (TPSA) is 70.1 Å². The van der Waals surface area contributed by atoms with Crippen LogP contribution in [0.2, 0.25) is 0 Å². The summed E-state index contributed by atoms with van der Waals surface area (Å²) in [5.41, 5.74) is 0. The predicted molar refractivity (Wildman–Crippen MR) is 62.6 cm³/mol. The van der Waals surface area contributed by atoms with Gasteiger partial charge >= 0.3 is 0 Å². The first-order valence-corrected chi connectivity index (χ1v) is 6.72. The van der Waals surface area contributed by atoms with Gasteiger partial charge in [0.1, 0.15) is 0 Å². The minimum absolute atomic E-state index is 0.285. The average Bonchev–Trinajstić information content (AvgIpc) is 2.40. The first kappa shape index (κ1) is 12.0. The molecule has 1 aromatic carbocycles. The van der Waals surface area contributed by atoms with Gasteiger partial charge in [-0.3, -0.25) is 5.01 Å². The molecule has 6 nitrogen and oxygen atoms in total. The summed E-state index contributed by atoms with van der Waals surface area (Å²) in [7, 11) is -3.43. The second-order valence-electron chi connectivity index (χ2n) is 3.75. The second kappa shape index (κ2) is 4.80. The third kappa shape index (κ3) is 2.45. The van der Waals surface area contributed by atoms with Gasteiger partial charge in [0.05, 0.1) is 23.3 Å². The van der Waals surface area contributed by atoms with E-state index in [9.17, 15) is 13.3 Å². The maximum absolute atomic E-state index is 12.2. The van der Waals surface area contributed by atoms with Gasteiger partial charge in [0.25, 0.3) is 0 Å². The standard InChI is InChI=1S/C10H13N3O3S/c14-11-12-6-8-13(9-7-12)17(15,16)10-4-2-1-3-5-10/h1-5H,6-9H2. The largest absolute Gasteiger partial charge is 0.258 e. The maximum atomic E-state index is 12.2. The summed E-state index contributed by atoms with van der Waals surface area (Å²) in [6, 6.07) is 8.29. The van der Waals surface area contributed by atoms with Crippen LogP contribution in [-0.2, 0) is 10.0 Å². The Morgan fingerprint density at radius 3 is 2.12 bits per heavy atom. The smallest absolute Gasteiger partial charge is 0.243 e. The number of nitrogens with zero attached hydrogens (tertiary/aromatic N) is 3. The number of piperazine rings is 1. The van der Waals surface area contributed by atoms with E-state index >= 15 is 0 Å². The zero-order chi connectivity index (χ0) is 12.3. The average molecular weight is 255 g/mol. The van der Waals surface area contributed by atoms with E-state index in [2.05, 4.69) is 5.29 Å². The highest BCUT2D eigenvalue weighted by Crippen LogP contribution is 2.16. The summed E-state index contributed by atoms with van der Waals surface area (Å²) in [5, 5.41) is 4.13. The number of hydrogen-bond acceptors (Lipinski definition) is 4. The Hall–Kier alpha value is -1.47. The second-order valence-corrected chi connectivity index (χ2v) is 5.69. The normalized spacial score (nSPS) is 18.0. The first-order chi connectivity index (χ1) is 8.14. The zero-order valence-electron chi connectivity index (χ0n) is 9.19. The fourth-order valence-corrected chi connectivity index (χ4v) is 3.18. The molecule has 0 saturated carbocycles. The molecule has 0 N–H and O–H groups in total. The highest BCUT2D eigenvalue weighted by Gasteiger charge is 2.28. The summed E-state index contributed by atoms with van der Waals surface area (Å²) in [6.07, 6.45) is 0. The van der Waals surface area contributed by atoms with E-state index in [1.54, 1.807) is 30.3 Å². The quantitative estimate of drug-likeness (QED) is 0.744. The maximum Gasteiger partial charge on any atom is 0.243 e. The molecule has 1 aliphatic rings. The molecule has 1 saturated heterocycles. The van der Waals surface area contributed by atoms with E-state index in [0.717, 1.165) is 0 Å². The van der Waals surface area contributed by atoms with Gasteiger partial charge in [-0.1, -0.05) is 18.2 Å². The van der Waals surface area contributed by atoms with E-state index in [4.69, 9.17) is 0 Å². The van der Waals surface area contributed by atoms with Crippen molar-refractivity contribution in [3.63, 3.8) is 0 Å². The van der Waals surface area contributed by atoms with Crippen molar-refractivity contribution in [3.8, 4) is 0 Å². The van der Waals surface area contributed by atoms with Crippen LogP contribution in [0.3, 0.4) is 0 Å². The van der Waals surface area contributed by atoms with Gasteiger partial charge in [0, 0.05) is 13.1 Å². The molecule has 1 heterocycles. The van der Waals surface area contributed by atoms with Gasteiger partial charge in [-0.25, -0.2) is 8.42 Å². The lowest BCUT2D eigenvalue weighted by atomic mass is 10.4. The molecular formula is C10H13N3O3S. The van der Waals surface area contributed by atoms with Gasteiger partial charge in [-0.15, -0.1) is 4.91 Å².